The Kier molecular flexibility index (Phi) is 8.62. The van der Waals surface area contributed by atoms with Crippen molar-refractivity contribution < 1.29 is 5.11 Å². The largest absolute Gasteiger partial charge is 0.396 e. The molecule has 19 heavy (non-hydrogen) atoms. The molecule has 0 aromatic carbocycles. The van der Waals surface area contributed by atoms with Gasteiger partial charge < -0.3 is 15.3 Å². The Morgan fingerprint density at radius 3 is 2.63 bits per heavy atom. The van der Waals surface area contributed by atoms with E-state index in [1.807, 2.05) is 0 Å². The number of rotatable bonds is 10. The van der Waals surface area contributed by atoms with E-state index in [1.54, 1.807) is 0 Å². The number of hydrogen-bond acceptors (Lipinski definition) is 4. The standard InChI is InChI=1S/C15H33N3O/c1-4-9-16-14(8-11-19)12-17-10-7-15(13-17)18(5-2)6-3/h14-16,19H,4-13H2,1-3H3. The zero-order valence-corrected chi connectivity index (χ0v) is 13.1. The summed E-state index contributed by atoms with van der Waals surface area (Å²) in [6.07, 6.45) is 3.32. The number of likely N-dealkylation sites (N-methyl/N-ethyl adjacent to an activating group) is 1. The molecule has 0 aliphatic carbocycles. The molecule has 0 amide bonds. The van der Waals surface area contributed by atoms with Gasteiger partial charge >= 0.3 is 0 Å². The summed E-state index contributed by atoms with van der Waals surface area (Å²) in [6.45, 7) is 13.8. The molecule has 1 rings (SSSR count). The zero-order valence-electron chi connectivity index (χ0n) is 13.1. The van der Waals surface area contributed by atoms with Gasteiger partial charge in [-0.25, -0.2) is 0 Å². The summed E-state index contributed by atoms with van der Waals surface area (Å²) in [5.41, 5.74) is 0. The second-order valence-electron chi connectivity index (χ2n) is 5.59. The monoisotopic (exact) mass is 271 g/mol. The number of nitrogens with one attached hydrogen (secondary N) is 1. The highest BCUT2D eigenvalue weighted by Gasteiger charge is 2.27. The first-order chi connectivity index (χ1) is 9.24. The van der Waals surface area contributed by atoms with Gasteiger partial charge in [-0.3, -0.25) is 4.90 Å². The van der Waals surface area contributed by atoms with Gasteiger partial charge in [0, 0.05) is 31.8 Å². The SMILES string of the molecule is CCCNC(CCO)CN1CCC(N(CC)CC)C1. The fourth-order valence-corrected chi connectivity index (χ4v) is 3.09. The molecule has 1 saturated heterocycles. The van der Waals surface area contributed by atoms with Crippen molar-refractivity contribution in [1.82, 2.24) is 15.1 Å². The van der Waals surface area contributed by atoms with E-state index in [0.29, 0.717) is 6.04 Å². The summed E-state index contributed by atoms with van der Waals surface area (Å²) in [4.78, 5) is 5.13. The lowest BCUT2D eigenvalue weighted by molar-refractivity contribution is 0.195. The third-order valence-electron chi connectivity index (χ3n) is 4.22. The summed E-state index contributed by atoms with van der Waals surface area (Å²) < 4.78 is 0. The molecule has 1 aliphatic heterocycles. The first kappa shape index (κ1) is 16.9. The normalized spacial score (nSPS) is 22.3. The lowest BCUT2D eigenvalue weighted by Gasteiger charge is -2.28. The fourth-order valence-electron chi connectivity index (χ4n) is 3.09. The van der Waals surface area contributed by atoms with Gasteiger partial charge in [0.05, 0.1) is 0 Å². The maximum absolute atomic E-state index is 9.16. The van der Waals surface area contributed by atoms with Crippen LogP contribution in [0, 0.1) is 0 Å². The van der Waals surface area contributed by atoms with Crippen molar-refractivity contribution in [2.24, 2.45) is 0 Å². The average Bonchev–Trinajstić information content (AvgIpc) is 2.86. The number of nitrogens with zero attached hydrogens (tertiary/aromatic N) is 2. The number of likely N-dealkylation sites (tertiary alicyclic amines) is 1. The van der Waals surface area contributed by atoms with Crippen LogP contribution in [0.3, 0.4) is 0 Å². The molecule has 0 saturated carbocycles. The zero-order chi connectivity index (χ0) is 14.1. The molecular formula is C15H33N3O. The van der Waals surface area contributed by atoms with Gasteiger partial charge in [0.1, 0.15) is 0 Å². The van der Waals surface area contributed by atoms with Crippen LogP contribution in [0.1, 0.15) is 40.0 Å². The van der Waals surface area contributed by atoms with E-state index in [1.165, 1.54) is 19.5 Å². The number of hydrogen-bond donors (Lipinski definition) is 2. The highest BCUT2D eigenvalue weighted by molar-refractivity contribution is 4.85. The molecule has 0 aromatic rings. The number of aliphatic hydroxyl groups excluding tert-OH is 1. The fraction of sp³-hybridized carbons (Fsp3) is 1.00. The van der Waals surface area contributed by atoms with Crippen molar-refractivity contribution in [2.75, 3.05) is 45.9 Å². The van der Waals surface area contributed by atoms with Crippen molar-refractivity contribution in [1.29, 1.82) is 0 Å². The topological polar surface area (TPSA) is 38.7 Å². The molecule has 0 radical (unpaired) electrons. The first-order valence-corrected chi connectivity index (χ1v) is 8.05. The third kappa shape index (κ3) is 5.78. The quantitative estimate of drug-likeness (QED) is 0.625. The minimum Gasteiger partial charge on any atom is -0.396 e. The summed E-state index contributed by atoms with van der Waals surface area (Å²) in [5, 5.41) is 12.7. The van der Waals surface area contributed by atoms with Gasteiger partial charge in [-0.15, -0.1) is 0 Å². The second kappa shape index (κ2) is 9.70. The molecule has 1 aliphatic rings. The summed E-state index contributed by atoms with van der Waals surface area (Å²) in [5.74, 6) is 0. The van der Waals surface area contributed by atoms with Crippen LogP contribution in [0.2, 0.25) is 0 Å². The van der Waals surface area contributed by atoms with Crippen LogP contribution >= 0.6 is 0 Å². The minimum absolute atomic E-state index is 0.286. The van der Waals surface area contributed by atoms with Gasteiger partial charge in [-0.05, 0) is 45.4 Å². The Labute approximate surface area is 119 Å². The number of aliphatic hydroxyl groups is 1. The maximum atomic E-state index is 9.16. The Balaban J connectivity index is 2.35. The van der Waals surface area contributed by atoms with Crippen LogP contribution in [-0.2, 0) is 0 Å². The third-order valence-corrected chi connectivity index (χ3v) is 4.22. The average molecular weight is 271 g/mol. The highest BCUT2D eigenvalue weighted by Crippen LogP contribution is 2.16. The molecule has 0 aromatic heterocycles. The van der Waals surface area contributed by atoms with Crippen LogP contribution in [-0.4, -0.2) is 72.9 Å². The van der Waals surface area contributed by atoms with Crippen molar-refractivity contribution in [3.05, 3.63) is 0 Å². The molecule has 2 N–H and O–H groups in total. The molecule has 0 spiro atoms. The molecule has 4 nitrogen and oxygen atoms in total. The van der Waals surface area contributed by atoms with E-state index in [9.17, 15) is 0 Å². The first-order valence-electron chi connectivity index (χ1n) is 8.05. The lowest BCUT2D eigenvalue weighted by atomic mass is 10.2. The Morgan fingerprint density at radius 1 is 1.32 bits per heavy atom. The Morgan fingerprint density at radius 2 is 2.05 bits per heavy atom. The predicted molar refractivity (Wildman–Crippen MR) is 81.6 cm³/mol. The van der Waals surface area contributed by atoms with Crippen molar-refractivity contribution in [2.45, 2.75) is 52.1 Å². The van der Waals surface area contributed by atoms with Crippen molar-refractivity contribution in [3.63, 3.8) is 0 Å². The Bertz CT molecular complexity index is 221. The molecule has 2 unspecified atom stereocenters. The van der Waals surface area contributed by atoms with Crippen LogP contribution in [0.4, 0.5) is 0 Å². The van der Waals surface area contributed by atoms with Gasteiger partial charge in [0.2, 0.25) is 0 Å². The van der Waals surface area contributed by atoms with Crippen LogP contribution in [0.15, 0.2) is 0 Å². The molecule has 0 bridgehead atoms. The molecule has 1 fully saturated rings. The van der Waals surface area contributed by atoms with Crippen LogP contribution < -0.4 is 5.32 Å². The second-order valence-corrected chi connectivity index (χ2v) is 5.59. The predicted octanol–water partition coefficient (Wildman–Crippen LogP) is 1.15. The van der Waals surface area contributed by atoms with Gasteiger partial charge in [-0.2, -0.15) is 0 Å². The van der Waals surface area contributed by atoms with E-state index in [4.69, 9.17) is 5.11 Å². The molecule has 114 valence electrons. The van der Waals surface area contributed by atoms with Crippen molar-refractivity contribution >= 4 is 0 Å². The molecule has 4 heteroatoms. The van der Waals surface area contributed by atoms with E-state index in [2.05, 4.69) is 35.9 Å². The van der Waals surface area contributed by atoms with Gasteiger partial charge in [0.15, 0.2) is 0 Å². The molecule has 2 atom stereocenters. The Hall–Kier alpha value is -0.160. The molecular weight excluding hydrogens is 238 g/mol. The summed E-state index contributed by atoms with van der Waals surface area (Å²) in [6, 6.07) is 1.18. The van der Waals surface area contributed by atoms with Gasteiger partial charge in [-0.1, -0.05) is 20.8 Å². The smallest absolute Gasteiger partial charge is 0.0446 e. The minimum atomic E-state index is 0.286. The lowest BCUT2D eigenvalue weighted by Crippen LogP contribution is -2.43. The van der Waals surface area contributed by atoms with Crippen molar-refractivity contribution in [3.8, 4) is 0 Å². The van der Waals surface area contributed by atoms with E-state index in [-0.39, 0.29) is 6.61 Å². The van der Waals surface area contributed by atoms with E-state index in [0.717, 1.165) is 45.1 Å². The van der Waals surface area contributed by atoms with E-state index < -0.39 is 0 Å². The van der Waals surface area contributed by atoms with E-state index >= 15 is 0 Å². The highest BCUT2D eigenvalue weighted by atomic mass is 16.3. The molecule has 1 heterocycles. The van der Waals surface area contributed by atoms with Crippen LogP contribution in [0.5, 0.6) is 0 Å². The maximum Gasteiger partial charge on any atom is 0.0446 e. The van der Waals surface area contributed by atoms with Gasteiger partial charge in [0.25, 0.3) is 0 Å². The summed E-state index contributed by atoms with van der Waals surface area (Å²) in [7, 11) is 0. The summed E-state index contributed by atoms with van der Waals surface area (Å²) >= 11 is 0. The van der Waals surface area contributed by atoms with Crippen LogP contribution in [0.25, 0.3) is 0 Å².